The molecule has 0 saturated carbocycles. The first-order valence-electron chi connectivity index (χ1n) is 4.80. The second kappa shape index (κ2) is 5.93. The van der Waals surface area contributed by atoms with Gasteiger partial charge in [0.05, 0.1) is 4.91 Å². The Labute approximate surface area is 88.8 Å². The van der Waals surface area contributed by atoms with Gasteiger partial charge in [0.1, 0.15) is 0 Å². The standard InChI is InChI=1S/C11H15N2O2/c1-2-8-12-9-7-10-3-5-11(6-4-10)13(14)15/h2-6,12H,1,7-9H2,(H,14,15)/q+1. The van der Waals surface area contributed by atoms with Gasteiger partial charge in [0.15, 0.2) is 0 Å². The fraction of sp³-hybridized carbons (Fsp3) is 0.273. The summed E-state index contributed by atoms with van der Waals surface area (Å²) < 4.78 is 0. The first kappa shape index (κ1) is 11.4. The fourth-order valence-corrected chi connectivity index (χ4v) is 1.23. The van der Waals surface area contributed by atoms with Gasteiger partial charge in [0.2, 0.25) is 0 Å². The molecule has 0 atom stereocenters. The molecule has 1 aromatic rings. The van der Waals surface area contributed by atoms with Crippen LogP contribution in [0.15, 0.2) is 36.9 Å². The first-order valence-corrected chi connectivity index (χ1v) is 4.80. The van der Waals surface area contributed by atoms with Gasteiger partial charge in [-0.1, -0.05) is 18.2 Å². The fourth-order valence-electron chi connectivity index (χ4n) is 1.23. The predicted octanol–water partition coefficient (Wildman–Crippen LogP) is 1.80. The van der Waals surface area contributed by atoms with Gasteiger partial charge in [-0.05, 0) is 18.5 Å². The van der Waals surface area contributed by atoms with Crippen molar-refractivity contribution >= 4 is 5.69 Å². The lowest BCUT2D eigenvalue weighted by atomic mass is 10.1. The minimum atomic E-state index is -0.139. The molecule has 1 rings (SSSR count). The molecule has 0 aromatic heterocycles. The molecule has 80 valence electrons. The Morgan fingerprint density at radius 1 is 1.40 bits per heavy atom. The molecule has 0 aliphatic heterocycles. The van der Waals surface area contributed by atoms with E-state index in [1.54, 1.807) is 12.1 Å². The van der Waals surface area contributed by atoms with Crippen molar-refractivity contribution in [3.05, 3.63) is 47.4 Å². The maximum absolute atomic E-state index is 10.5. The van der Waals surface area contributed by atoms with Crippen LogP contribution in [0.5, 0.6) is 0 Å². The Hall–Kier alpha value is -1.68. The van der Waals surface area contributed by atoms with Crippen LogP contribution >= 0.6 is 0 Å². The number of rotatable bonds is 6. The third-order valence-corrected chi connectivity index (χ3v) is 2.04. The Morgan fingerprint density at radius 2 is 2.07 bits per heavy atom. The highest BCUT2D eigenvalue weighted by Crippen LogP contribution is 2.11. The van der Waals surface area contributed by atoms with E-state index in [9.17, 15) is 4.91 Å². The third kappa shape index (κ3) is 3.91. The van der Waals surface area contributed by atoms with Crippen LogP contribution in [0.3, 0.4) is 0 Å². The zero-order valence-corrected chi connectivity index (χ0v) is 8.52. The van der Waals surface area contributed by atoms with E-state index in [2.05, 4.69) is 11.9 Å². The summed E-state index contributed by atoms with van der Waals surface area (Å²) in [6.07, 6.45) is 2.70. The number of benzene rings is 1. The van der Waals surface area contributed by atoms with Crippen molar-refractivity contribution in [3.8, 4) is 0 Å². The van der Waals surface area contributed by atoms with E-state index in [0.29, 0.717) is 0 Å². The van der Waals surface area contributed by atoms with Crippen LogP contribution in [0.1, 0.15) is 5.56 Å². The van der Waals surface area contributed by atoms with E-state index in [-0.39, 0.29) is 10.6 Å². The highest BCUT2D eigenvalue weighted by Gasteiger charge is 2.09. The van der Waals surface area contributed by atoms with Crippen LogP contribution in [-0.2, 0) is 6.42 Å². The molecule has 0 aliphatic carbocycles. The molecule has 2 N–H and O–H groups in total. The molecule has 0 fully saturated rings. The molecule has 0 amide bonds. The number of nitrogens with zero attached hydrogens (tertiary/aromatic N) is 1. The van der Waals surface area contributed by atoms with Gasteiger partial charge in [-0.15, -0.1) is 6.58 Å². The van der Waals surface area contributed by atoms with Gasteiger partial charge in [-0.25, -0.2) is 5.21 Å². The van der Waals surface area contributed by atoms with Crippen molar-refractivity contribution in [2.45, 2.75) is 6.42 Å². The Morgan fingerprint density at radius 3 is 2.60 bits per heavy atom. The summed E-state index contributed by atoms with van der Waals surface area (Å²) in [6.45, 7) is 5.27. The van der Waals surface area contributed by atoms with Crippen molar-refractivity contribution in [2.24, 2.45) is 0 Å². The monoisotopic (exact) mass is 207 g/mol. The van der Waals surface area contributed by atoms with Crippen molar-refractivity contribution in [2.75, 3.05) is 13.1 Å². The minimum absolute atomic E-state index is 0.139. The van der Waals surface area contributed by atoms with Gasteiger partial charge in [-0.3, -0.25) is 0 Å². The first-order chi connectivity index (χ1) is 7.24. The SMILES string of the molecule is C=CCNCCc1ccc([N+](=O)O)cc1. The van der Waals surface area contributed by atoms with Gasteiger partial charge < -0.3 is 5.32 Å². The summed E-state index contributed by atoms with van der Waals surface area (Å²) in [5.74, 6) is 0. The van der Waals surface area contributed by atoms with Gasteiger partial charge in [0, 0.05) is 18.7 Å². The van der Waals surface area contributed by atoms with Crippen molar-refractivity contribution in [1.29, 1.82) is 0 Å². The average Bonchev–Trinajstić information content (AvgIpc) is 2.25. The summed E-state index contributed by atoms with van der Waals surface area (Å²) >= 11 is 0. The Bertz CT molecular complexity index is 333. The molecular formula is C11H15N2O2+. The van der Waals surface area contributed by atoms with Gasteiger partial charge >= 0.3 is 5.69 Å². The molecule has 0 bridgehead atoms. The van der Waals surface area contributed by atoms with E-state index in [1.165, 1.54) is 0 Å². The summed E-state index contributed by atoms with van der Waals surface area (Å²) in [7, 11) is 0. The van der Waals surface area contributed by atoms with Crippen LogP contribution in [0.4, 0.5) is 5.69 Å². The van der Waals surface area contributed by atoms with Crippen LogP contribution in [0.2, 0.25) is 0 Å². The van der Waals surface area contributed by atoms with Gasteiger partial charge in [0.25, 0.3) is 4.92 Å². The van der Waals surface area contributed by atoms with Crippen LogP contribution in [-0.4, -0.2) is 23.2 Å². The molecule has 0 saturated heterocycles. The predicted molar refractivity (Wildman–Crippen MR) is 58.3 cm³/mol. The van der Waals surface area contributed by atoms with E-state index < -0.39 is 0 Å². The maximum atomic E-state index is 10.5. The molecule has 0 heterocycles. The zero-order valence-electron chi connectivity index (χ0n) is 8.52. The third-order valence-electron chi connectivity index (χ3n) is 2.04. The highest BCUT2D eigenvalue weighted by atomic mass is 16.6. The Balaban J connectivity index is 2.42. The second-order valence-corrected chi connectivity index (χ2v) is 3.18. The van der Waals surface area contributed by atoms with Crippen LogP contribution < -0.4 is 5.32 Å². The second-order valence-electron chi connectivity index (χ2n) is 3.18. The summed E-state index contributed by atoms with van der Waals surface area (Å²) in [6, 6.07) is 6.84. The smallest absolute Gasteiger partial charge is 0.313 e. The molecule has 0 unspecified atom stereocenters. The normalized spacial score (nSPS) is 9.87. The quantitative estimate of drug-likeness (QED) is 0.425. The molecule has 0 spiro atoms. The topological polar surface area (TPSA) is 52.3 Å². The van der Waals surface area contributed by atoms with Gasteiger partial charge in [-0.2, -0.15) is 0 Å². The summed E-state index contributed by atoms with van der Waals surface area (Å²) in [5.41, 5.74) is 1.37. The molecule has 0 radical (unpaired) electrons. The van der Waals surface area contributed by atoms with Crippen molar-refractivity contribution in [1.82, 2.24) is 5.32 Å². The number of nitrogens with one attached hydrogen (secondary N) is 1. The lowest BCUT2D eigenvalue weighted by molar-refractivity contribution is -0.729. The number of hydrogen-bond acceptors (Lipinski definition) is 2. The highest BCUT2D eigenvalue weighted by molar-refractivity contribution is 5.32. The average molecular weight is 207 g/mol. The lowest BCUT2D eigenvalue weighted by Crippen LogP contribution is -2.16. The summed E-state index contributed by atoms with van der Waals surface area (Å²) in [5, 5.41) is 11.8. The van der Waals surface area contributed by atoms with E-state index in [4.69, 9.17) is 5.21 Å². The Kier molecular flexibility index (Phi) is 4.50. The van der Waals surface area contributed by atoms with E-state index in [0.717, 1.165) is 25.1 Å². The molecule has 4 nitrogen and oxygen atoms in total. The molecule has 1 aromatic carbocycles. The summed E-state index contributed by atoms with van der Waals surface area (Å²) in [4.78, 5) is 10.4. The number of hydrogen-bond donors (Lipinski definition) is 2. The molecular weight excluding hydrogens is 192 g/mol. The van der Waals surface area contributed by atoms with E-state index >= 15 is 0 Å². The van der Waals surface area contributed by atoms with Crippen LogP contribution in [0, 0.1) is 4.91 Å². The minimum Gasteiger partial charge on any atom is -0.313 e. The molecule has 0 aliphatic rings. The van der Waals surface area contributed by atoms with Crippen LogP contribution in [0.25, 0.3) is 0 Å². The zero-order chi connectivity index (χ0) is 11.1. The van der Waals surface area contributed by atoms with Crippen molar-refractivity contribution < 1.29 is 10.1 Å². The van der Waals surface area contributed by atoms with Crippen molar-refractivity contribution in [3.63, 3.8) is 0 Å². The largest absolute Gasteiger partial charge is 0.316 e. The molecule has 4 heteroatoms. The lowest BCUT2D eigenvalue weighted by Gasteiger charge is -2.01. The molecule has 15 heavy (non-hydrogen) atoms. The van der Waals surface area contributed by atoms with E-state index in [1.807, 2.05) is 18.2 Å². The maximum Gasteiger partial charge on any atom is 0.316 e.